The third-order valence-corrected chi connectivity index (χ3v) is 2.76. The molecule has 1 aromatic carbocycles. The summed E-state index contributed by atoms with van der Waals surface area (Å²) in [6.45, 7) is 0. The van der Waals surface area contributed by atoms with Crippen LogP contribution in [0.5, 0.6) is 0 Å². The SMILES string of the molecule is Fc1c(C(F)(F)F)ccc(CCl)c1Br. The van der Waals surface area contributed by atoms with Crippen LogP contribution >= 0.6 is 27.5 Å². The van der Waals surface area contributed by atoms with Crippen LogP contribution in [0.1, 0.15) is 11.1 Å². The Hall–Kier alpha value is -0.290. The Bertz CT molecular complexity index is 348. The highest BCUT2D eigenvalue weighted by Gasteiger charge is 2.35. The first-order chi connectivity index (χ1) is 6.38. The van der Waals surface area contributed by atoms with Crippen LogP contribution in [0, 0.1) is 5.82 Å². The molecule has 0 heterocycles. The minimum atomic E-state index is -4.68. The smallest absolute Gasteiger partial charge is 0.205 e. The number of hydrogen-bond acceptors (Lipinski definition) is 0. The Morgan fingerprint density at radius 2 is 1.86 bits per heavy atom. The fourth-order valence-electron chi connectivity index (χ4n) is 0.912. The molecule has 0 bridgehead atoms. The van der Waals surface area contributed by atoms with Crippen LogP contribution in [-0.4, -0.2) is 0 Å². The van der Waals surface area contributed by atoms with Gasteiger partial charge in [0, 0.05) is 5.88 Å². The summed E-state index contributed by atoms with van der Waals surface area (Å²) in [4.78, 5) is 0. The Labute approximate surface area is 91.0 Å². The van der Waals surface area contributed by atoms with Gasteiger partial charge in [-0.2, -0.15) is 13.2 Å². The van der Waals surface area contributed by atoms with Gasteiger partial charge in [0.15, 0.2) is 0 Å². The molecule has 0 saturated heterocycles. The van der Waals surface area contributed by atoms with Gasteiger partial charge in [-0.25, -0.2) is 4.39 Å². The fourth-order valence-corrected chi connectivity index (χ4v) is 1.78. The van der Waals surface area contributed by atoms with Gasteiger partial charge in [-0.15, -0.1) is 11.6 Å². The van der Waals surface area contributed by atoms with Crippen molar-refractivity contribution in [3.8, 4) is 0 Å². The van der Waals surface area contributed by atoms with Gasteiger partial charge in [0.1, 0.15) is 5.82 Å². The normalized spacial score (nSPS) is 11.9. The van der Waals surface area contributed by atoms with E-state index in [1.54, 1.807) is 0 Å². The quantitative estimate of drug-likeness (QED) is 0.533. The molecule has 0 saturated carbocycles. The van der Waals surface area contributed by atoms with Crippen molar-refractivity contribution in [2.24, 2.45) is 0 Å². The van der Waals surface area contributed by atoms with Gasteiger partial charge in [-0.05, 0) is 27.6 Å². The predicted molar refractivity (Wildman–Crippen MR) is 48.7 cm³/mol. The minimum absolute atomic E-state index is 0.0460. The summed E-state index contributed by atoms with van der Waals surface area (Å²) in [7, 11) is 0. The summed E-state index contributed by atoms with van der Waals surface area (Å²) in [5.41, 5.74) is -1.00. The van der Waals surface area contributed by atoms with Gasteiger partial charge in [0.05, 0.1) is 10.0 Å². The summed E-state index contributed by atoms with van der Waals surface area (Å²) in [6, 6.07) is 1.82. The highest BCUT2D eigenvalue weighted by atomic mass is 79.9. The zero-order chi connectivity index (χ0) is 10.9. The molecule has 0 aliphatic carbocycles. The lowest BCUT2D eigenvalue weighted by Crippen LogP contribution is -2.09. The lowest BCUT2D eigenvalue weighted by molar-refractivity contribution is -0.140. The molecule has 14 heavy (non-hydrogen) atoms. The standard InChI is InChI=1S/C8H4BrClF4/c9-6-4(3-10)1-2-5(7(6)11)8(12,13)14/h1-2H,3H2. The van der Waals surface area contributed by atoms with E-state index in [4.69, 9.17) is 11.6 Å². The van der Waals surface area contributed by atoms with E-state index >= 15 is 0 Å². The Kier molecular flexibility index (Phi) is 3.42. The number of rotatable bonds is 1. The summed E-state index contributed by atoms with van der Waals surface area (Å²) >= 11 is 8.12. The van der Waals surface area contributed by atoms with Crippen molar-refractivity contribution < 1.29 is 17.6 Å². The van der Waals surface area contributed by atoms with Gasteiger partial charge in [0.25, 0.3) is 0 Å². The molecule has 0 atom stereocenters. The molecule has 0 aliphatic heterocycles. The topological polar surface area (TPSA) is 0 Å². The van der Waals surface area contributed by atoms with E-state index in [9.17, 15) is 17.6 Å². The third kappa shape index (κ3) is 2.20. The van der Waals surface area contributed by atoms with Crippen molar-refractivity contribution >= 4 is 27.5 Å². The molecular formula is C8H4BrClF4. The Balaban J connectivity index is 3.31. The first-order valence-electron chi connectivity index (χ1n) is 3.48. The van der Waals surface area contributed by atoms with Crippen molar-refractivity contribution in [1.29, 1.82) is 0 Å². The Morgan fingerprint density at radius 3 is 2.29 bits per heavy atom. The molecule has 0 nitrogen and oxygen atoms in total. The largest absolute Gasteiger partial charge is 0.419 e. The minimum Gasteiger partial charge on any atom is -0.205 e. The second kappa shape index (κ2) is 4.06. The third-order valence-electron chi connectivity index (χ3n) is 1.61. The maximum absolute atomic E-state index is 13.1. The van der Waals surface area contributed by atoms with E-state index in [0.717, 1.165) is 6.07 Å². The van der Waals surface area contributed by atoms with Crippen molar-refractivity contribution in [3.05, 3.63) is 33.5 Å². The first-order valence-corrected chi connectivity index (χ1v) is 4.80. The second-order valence-electron chi connectivity index (χ2n) is 2.53. The second-order valence-corrected chi connectivity index (χ2v) is 3.59. The van der Waals surface area contributed by atoms with Crippen LogP contribution in [0.4, 0.5) is 17.6 Å². The lowest BCUT2D eigenvalue weighted by Gasteiger charge is -2.10. The van der Waals surface area contributed by atoms with E-state index in [1.807, 2.05) is 0 Å². The van der Waals surface area contributed by atoms with Crippen LogP contribution < -0.4 is 0 Å². The summed E-state index contributed by atoms with van der Waals surface area (Å²) in [5.74, 6) is -1.37. The van der Waals surface area contributed by atoms with Crippen LogP contribution in [0.15, 0.2) is 16.6 Å². The zero-order valence-corrected chi connectivity index (χ0v) is 8.97. The monoisotopic (exact) mass is 290 g/mol. The molecule has 1 aromatic rings. The Morgan fingerprint density at radius 1 is 1.29 bits per heavy atom. The van der Waals surface area contributed by atoms with E-state index in [0.29, 0.717) is 6.07 Å². The lowest BCUT2D eigenvalue weighted by atomic mass is 10.1. The zero-order valence-electron chi connectivity index (χ0n) is 6.63. The molecule has 0 radical (unpaired) electrons. The molecule has 78 valence electrons. The van der Waals surface area contributed by atoms with Gasteiger partial charge in [0.2, 0.25) is 0 Å². The fraction of sp³-hybridized carbons (Fsp3) is 0.250. The van der Waals surface area contributed by atoms with Crippen LogP contribution in [0.25, 0.3) is 0 Å². The van der Waals surface area contributed by atoms with Gasteiger partial charge >= 0.3 is 6.18 Å². The highest BCUT2D eigenvalue weighted by molar-refractivity contribution is 9.10. The molecule has 0 fully saturated rings. The first kappa shape index (κ1) is 11.8. The number of benzene rings is 1. The van der Waals surface area contributed by atoms with Crippen LogP contribution in [0.3, 0.4) is 0 Å². The summed E-state index contributed by atoms with van der Waals surface area (Å²) in [5, 5.41) is 0. The van der Waals surface area contributed by atoms with E-state index in [1.165, 1.54) is 0 Å². The van der Waals surface area contributed by atoms with Crippen molar-refractivity contribution in [3.63, 3.8) is 0 Å². The average Bonchev–Trinajstić information content (AvgIpc) is 2.07. The summed E-state index contributed by atoms with van der Waals surface area (Å²) in [6.07, 6.45) is -4.68. The number of halogens is 6. The maximum Gasteiger partial charge on any atom is 0.419 e. The molecule has 0 spiro atoms. The van der Waals surface area contributed by atoms with E-state index < -0.39 is 17.6 Å². The average molecular weight is 291 g/mol. The molecule has 0 aromatic heterocycles. The van der Waals surface area contributed by atoms with Crippen molar-refractivity contribution in [1.82, 2.24) is 0 Å². The summed E-state index contributed by atoms with van der Waals surface area (Å²) < 4.78 is 49.4. The van der Waals surface area contributed by atoms with Crippen molar-refractivity contribution in [2.45, 2.75) is 12.1 Å². The van der Waals surface area contributed by atoms with Crippen LogP contribution in [-0.2, 0) is 12.1 Å². The van der Waals surface area contributed by atoms with Gasteiger partial charge in [-0.1, -0.05) is 6.07 Å². The molecule has 1 rings (SSSR count). The number of hydrogen-bond donors (Lipinski definition) is 0. The van der Waals surface area contributed by atoms with Gasteiger partial charge < -0.3 is 0 Å². The van der Waals surface area contributed by atoms with E-state index in [-0.39, 0.29) is 15.9 Å². The predicted octanol–water partition coefficient (Wildman–Crippen LogP) is 4.35. The molecule has 0 N–H and O–H groups in total. The molecule has 0 unspecified atom stereocenters. The molecule has 0 aliphatic rings. The number of alkyl halides is 4. The van der Waals surface area contributed by atoms with Crippen molar-refractivity contribution in [2.75, 3.05) is 0 Å². The molecular weight excluding hydrogens is 287 g/mol. The highest BCUT2D eigenvalue weighted by Crippen LogP contribution is 2.35. The van der Waals surface area contributed by atoms with E-state index in [2.05, 4.69) is 15.9 Å². The maximum atomic E-state index is 13.1. The van der Waals surface area contributed by atoms with Gasteiger partial charge in [-0.3, -0.25) is 0 Å². The van der Waals surface area contributed by atoms with Crippen LogP contribution in [0.2, 0.25) is 0 Å². The molecule has 6 heteroatoms. The molecule has 0 amide bonds.